The lowest BCUT2D eigenvalue weighted by Gasteiger charge is -2.29. The SMILES string of the molecule is Clc1ccc2c(c1)CCC2Oc1ccc(Br)cc1OC1CNC1. The minimum absolute atomic E-state index is 0.0605. The molecule has 23 heavy (non-hydrogen) atoms. The van der Waals surface area contributed by atoms with Crippen LogP contribution in [0.3, 0.4) is 0 Å². The summed E-state index contributed by atoms with van der Waals surface area (Å²) in [6, 6.07) is 12.0. The number of aryl methyl sites for hydroxylation is 1. The van der Waals surface area contributed by atoms with Gasteiger partial charge in [-0.3, -0.25) is 0 Å². The van der Waals surface area contributed by atoms with Gasteiger partial charge in [0, 0.05) is 22.6 Å². The maximum Gasteiger partial charge on any atom is 0.162 e. The summed E-state index contributed by atoms with van der Waals surface area (Å²) < 4.78 is 13.3. The summed E-state index contributed by atoms with van der Waals surface area (Å²) in [5.74, 6) is 1.60. The molecule has 1 saturated heterocycles. The molecule has 0 saturated carbocycles. The van der Waals surface area contributed by atoms with Gasteiger partial charge in [0.1, 0.15) is 12.2 Å². The Labute approximate surface area is 149 Å². The topological polar surface area (TPSA) is 30.5 Å². The molecule has 1 aliphatic carbocycles. The van der Waals surface area contributed by atoms with Crippen molar-refractivity contribution in [2.75, 3.05) is 13.1 Å². The van der Waals surface area contributed by atoms with E-state index in [2.05, 4.69) is 27.3 Å². The van der Waals surface area contributed by atoms with Crippen molar-refractivity contribution in [1.29, 1.82) is 0 Å². The van der Waals surface area contributed by atoms with E-state index >= 15 is 0 Å². The van der Waals surface area contributed by atoms with Gasteiger partial charge in [-0.1, -0.05) is 33.6 Å². The van der Waals surface area contributed by atoms with Crippen LogP contribution >= 0.6 is 27.5 Å². The van der Waals surface area contributed by atoms with Gasteiger partial charge >= 0.3 is 0 Å². The summed E-state index contributed by atoms with van der Waals surface area (Å²) in [6.07, 6.45) is 2.25. The van der Waals surface area contributed by atoms with Crippen molar-refractivity contribution in [2.45, 2.75) is 25.0 Å². The molecular formula is C18H17BrClNO2. The molecule has 1 unspecified atom stereocenters. The fourth-order valence-electron chi connectivity index (χ4n) is 3.02. The molecule has 1 aliphatic heterocycles. The van der Waals surface area contributed by atoms with Crippen LogP contribution in [0, 0.1) is 0 Å². The molecule has 1 N–H and O–H groups in total. The van der Waals surface area contributed by atoms with E-state index < -0.39 is 0 Å². The maximum atomic E-state index is 6.29. The lowest BCUT2D eigenvalue weighted by atomic mass is 10.1. The van der Waals surface area contributed by atoms with Crippen molar-refractivity contribution in [3.05, 3.63) is 57.0 Å². The Hall–Kier alpha value is -1.23. The van der Waals surface area contributed by atoms with Crippen LogP contribution in [0.5, 0.6) is 11.5 Å². The van der Waals surface area contributed by atoms with Crippen molar-refractivity contribution in [3.63, 3.8) is 0 Å². The van der Waals surface area contributed by atoms with Crippen LogP contribution < -0.4 is 14.8 Å². The molecule has 0 radical (unpaired) electrons. The number of fused-ring (bicyclic) bond motifs is 1. The minimum Gasteiger partial charge on any atom is -0.484 e. The van der Waals surface area contributed by atoms with Crippen LogP contribution in [0.1, 0.15) is 23.7 Å². The zero-order valence-corrected chi connectivity index (χ0v) is 14.9. The smallest absolute Gasteiger partial charge is 0.162 e. The third-order valence-electron chi connectivity index (χ3n) is 4.34. The van der Waals surface area contributed by atoms with E-state index in [1.165, 1.54) is 11.1 Å². The molecule has 0 spiro atoms. The molecule has 120 valence electrons. The first-order chi connectivity index (χ1) is 11.2. The van der Waals surface area contributed by atoms with Crippen LogP contribution in [-0.2, 0) is 6.42 Å². The zero-order chi connectivity index (χ0) is 15.8. The lowest BCUT2D eigenvalue weighted by molar-refractivity contribution is 0.127. The molecule has 0 amide bonds. The predicted octanol–water partition coefficient (Wildman–Crippen LogP) is 4.52. The number of ether oxygens (including phenoxy) is 2. The monoisotopic (exact) mass is 393 g/mol. The third kappa shape index (κ3) is 3.21. The van der Waals surface area contributed by atoms with Gasteiger partial charge in [-0.2, -0.15) is 0 Å². The van der Waals surface area contributed by atoms with Gasteiger partial charge < -0.3 is 14.8 Å². The number of hydrogen-bond acceptors (Lipinski definition) is 3. The predicted molar refractivity (Wildman–Crippen MR) is 94.6 cm³/mol. The molecule has 2 aliphatic rings. The highest BCUT2D eigenvalue weighted by Crippen LogP contribution is 2.40. The first kappa shape index (κ1) is 15.3. The quantitative estimate of drug-likeness (QED) is 0.827. The van der Waals surface area contributed by atoms with Crippen LogP contribution in [0.15, 0.2) is 40.9 Å². The van der Waals surface area contributed by atoms with E-state index in [9.17, 15) is 0 Å². The van der Waals surface area contributed by atoms with E-state index in [1.807, 2.05) is 30.3 Å². The van der Waals surface area contributed by atoms with Crippen LogP contribution in [0.25, 0.3) is 0 Å². The highest BCUT2D eigenvalue weighted by Gasteiger charge is 2.26. The lowest BCUT2D eigenvalue weighted by Crippen LogP contribution is -2.50. The Kier molecular flexibility index (Phi) is 4.22. The summed E-state index contributed by atoms with van der Waals surface area (Å²) in [5.41, 5.74) is 2.51. The second-order valence-electron chi connectivity index (χ2n) is 5.98. The Morgan fingerprint density at radius 3 is 2.70 bits per heavy atom. The number of hydrogen-bond donors (Lipinski definition) is 1. The molecule has 4 rings (SSSR count). The van der Waals surface area contributed by atoms with E-state index in [-0.39, 0.29) is 12.2 Å². The Bertz CT molecular complexity index is 733. The average molecular weight is 395 g/mol. The number of benzene rings is 2. The molecule has 0 bridgehead atoms. The second-order valence-corrected chi connectivity index (χ2v) is 7.33. The maximum absolute atomic E-state index is 6.29. The van der Waals surface area contributed by atoms with Gasteiger partial charge in [-0.25, -0.2) is 0 Å². The van der Waals surface area contributed by atoms with Gasteiger partial charge in [0.05, 0.1) is 0 Å². The highest BCUT2D eigenvalue weighted by atomic mass is 79.9. The molecule has 1 fully saturated rings. The molecule has 3 nitrogen and oxygen atoms in total. The van der Waals surface area contributed by atoms with Crippen LogP contribution in [0.4, 0.5) is 0 Å². The zero-order valence-electron chi connectivity index (χ0n) is 12.5. The summed E-state index contributed by atoms with van der Waals surface area (Å²) in [5, 5.41) is 4.00. The van der Waals surface area contributed by atoms with Crippen molar-refractivity contribution in [1.82, 2.24) is 5.32 Å². The van der Waals surface area contributed by atoms with Crippen molar-refractivity contribution >= 4 is 27.5 Å². The molecule has 5 heteroatoms. The Balaban J connectivity index is 1.57. The fraction of sp³-hybridized carbons (Fsp3) is 0.333. The van der Waals surface area contributed by atoms with Crippen molar-refractivity contribution in [2.24, 2.45) is 0 Å². The van der Waals surface area contributed by atoms with E-state index in [0.717, 1.165) is 46.9 Å². The Morgan fingerprint density at radius 1 is 1.04 bits per heavy atom. The van der Waals surface area contributed by atoms with Gasteiger partial charge in [-0.15, -0.1) is 0 Å². The molecule has 1 heterocycles. The molecule has 2 aromatic rings. The highest BCUT2D eigenvalue weighted by molar-refractivity contribution is 9.10. The number of halogens is 2. The van der Waals surface area contributed by atoms with Gasteiger partial charge in [0.25, 0.3) is 0 Å². The van der Waals surface area contributed by atoms with E-state index in [4.69, 9.17) is 21.1 Å². The average Bonchev–Trinajstić information content (AvgIpc) is 2.87. The summed E-state index contributed by atoms with van der Waals surface area (Å²) in [7, 11) is 0. The third-order valence-corrected chi connectivity index (χ3v) is 5.07. The van der Waals surface area contributed by atoms with Gasteiger partial charge in [0.15, 0.2) is 11.5 Å². The molecule has 2 aromatic carbocycles. The molecule has 0 aromatic heterocycles. The van der Waals surface area contributed by atoms with Crippen LogP contribution in [-0.4, -0.2) is 19.2 Å². The fourth-order valence-corrected chi connectivity index (χ4v) is 3.55. The summed E-state index contributed by atoms with van der Waals surface area (Å²) in [4.78, 5) is 0. The first-order valence-corrected chi connectivity index (χ1v) is 8.98. The Morgan fingerprint density at radius 2 is 1.91 bits per heavy atom. The number of rotatable bonds is 4. The minimum atomic E-state index is 0.0605. The molecule has 1 atom stereocenters. The van der Waals surface area contributed by atoms with Gasteiger partial charge in [-0.05, 0) is 54.3 Å². The van der Waals surface area contributed by atoms with E-state index in [0.29, 0.717) is 0 Å². The molecular weight excluding hydrogens is 378 g/mol. The van der Waals surface area contributed by atoms with E-state index in [1.54, 1.807) is 0 Å². The largest absolute Gasteiger partial charge is 0.484 e. The summed E-state index contributed by atoms with van der Waals surface area (Å²) >= 11 is 9.59. The van der Waals surface area contributed by atoms with Crippen molar-refractivity contribution < 1.29 is 9.47 Å². The van der Waals surface area contributed by atoms with Crippen LogP contribution in [0.2, 0.25) is 5.02 Å². The summed E-state index contributed by atoms with van der Waals surface area (Å²) in [6.45, 7) is 1.77. The normalized spacial score (nSPS) is 20.0. The van der Waals surface area contributed by atoms with Gasteiger partial charge in [0.2, 0.25) is 0 Å². The van der Waals surface area contributed by atoms with Crippen molar-refractivity contribution in [3.8, 4) is 11.5 Å². The first-order valence-electron chi connectivity index (χ1n) is 7.81. The number of nitrogens with one attached hydrogen (secondary N) is 1. The standard InChI is InChI=1S/C18H17BrClNO2/c19-12-2-6-17(18(8-12)22-14-9-21-10-14)23-16-5-1-11-7-13(20)3-4-15(11)16/h2-4,6-8,14,16,21H,1,5,9-10H2. The second kappa shape index (κ2) is 6.34.